The van der Waals surface area contributed by atoms with Crippen LogP contribution in [0, 0.1) is 0 Å². The van der Waals surface area contributed by atoms with E-state index in [4.69, 9.17) is 0 Å². The van der Waals surface area contributed by atoms with Crippen molar-refractivity contribution in [2.45, 2.75) is 43.5 Å². The number of aryl methyl sites for hydroxylation is 1. The zero-order valence-electron chi connectivity index (χ0n) is 18.0. The van der Waals surface area contributed by atoms with Gasteiger partial charge in [0.2, 0.25) is 15.9 Å². The zero-order valence-corrected chi connectivity index (χ0v) is 18.8. The van der Waals surface area contributed by atoms with Crippen LogP contribution in [0.25, 0.3) is 0 Å². The highest BCUT2D eigenvalue weighted by molar-refractivity contribution is 7.89. The molecule has 32 heavy (non-hydrogen) atoms. The van der Waals surface area contributed by atoms with Gasteiger partial charge in [-0.2, -0.15) is 4.31 Å². The summed E-state index contributed by atoms with van der Waals surface area (Å²) >= 11 is 0. The third-order valence-corrected chi connectivity index (χ3v) is 7.56. The molecule has 1 aliphatic heterocycles. The van der Waals surface area contributed by atoms with Crippen LogP contribution in [-0.2, 0) is 27.8 Å². The van der Waals surface area contributed by atoms with E-state index in [9.17, 15) is 13.2 Å². The van der Waals surface area contributed by atoms with Crippen molar-refractivity contribution < 1.29 is 13.2 Å². The minimum atomic E-state index is -3.43. The van der Waals surface area contributed by atoms with Gasteiger partial charge in [0.25, 0.3) is 0 Å². The van der Waals surface area contributed by atoms with Gasteiger partial charge in [0.05, 0.1) is 11.2 Å². The summed E-state index contributed by atoms with van der Waals surface area (Å²) in [5, 5.41) is 2.94. The lowest BCUT2D eigenvalue weighted by molar-refractivity contribution is -0.116. The molecule has 1 aliphatic rings. The summed E-state index contributed by atoms with van der Waals surface area (Å²) in [6.45, 7) is 1.87. The lowest BCUT2D eigenvalue weighted by Gasteiger charge is -2.25. The number of aromatic nitrogens is 2. The predicted octanol–water partition coefficient (Wildman–Crippen LogP) is 3.68. The number of imidazole rings is 1. The van der Waals surface area contributed by atoms with Crippen molar-refractivity contribution in [3.63, 3.8) is 0 Å². The number of sulfonamides is 1. The number of anilines is 1. The predicted molar refractivity (Wildman–Crippen MR) is 124 cm³/mol. The lowest BCUT2D eigenvalue weighted by atomic mass is 10.1. The molecule has 0 bridgehead atoms. The Kier molecular flexibility index (Phi) is 7.02. The highest BCUT2D eigenvalue weighted by atomic mass is 32.2. The Balaban J connectivity index is 1.30. The molecule has 7 nitrogen and oxygen atoms in total. The first-order chi connectivity index (χ1) is 15.5. The second kappa shape index (κ2) is 10.1. The van der Waals surface area contributed by atoms with E-state index in [1.54, 1.807) is 41.1 Å². The van der Waals surface area contributed by atoms with Gasteiger partial charge in [-0.05, 0) is 54.7 Å². The van der Waals surface area contributed by atoms with Crippen molar-refractivity contribution >= 4 is 21.6 Å². The van der Waals surface area contributed by atoms with Crippen molar-refractivity contribution in [1.82, 2.24) is 13.9 Å². The van der Waals surface area contributed by atoms with Gasteiger partial charge in [-0.15, -0.1) is 0 Å². The van der Waals surface area contributed by atoms with Crippen molar-refractivity contribution in [3.05, 3.63) is 78.4 Å². The maximum absolute atomic E-state index is 12.8. The average molecular weight is 453 g/mol. The molecule has 4 rings (SSSR count). The molecule has 0 atom stereocenters. The average Bonchev–Trinajstić information content (AvgIpc) is 3.32. The summed E-state index contributed by atoms with van der Waals surface area (Å²) in [4.78, 5) is 16.8. The van der Waals surface area contributed by atoms with E-state index in [2.05, 4.69) is 10.3 Å². The largest absolute Gasteiger partial charge is 0.333 e. The molecular formula is C24H28N4O3S. The Labute approximate surface area is 189 Å². The summed E-state index contributed by atoms with van der Waals surface area (Å²) in [5.74, 6) is -0.0743. The van der Waals surface area contributed by atoms with Crippen LogP contribution in [0.15, 0.2) is 72.1 Å². The first kappa shape index (κ1) is 22.2. The molecule has 2 heterocycles. The van der Waals surface area contributed by atoms with Gasteiger partial charge in [0.15, 0.2) is 0 Å². The van der Waals surface area contributed by atoms with Crippen molar-refractivity contribution in [2.75, 3.05) is 18.4 Å². The van der Waals surface area contributed by atoms with Crippen LogP contribution in [0.2, 0.25) is 0 Å². The van der Waals surface area contributed by atoms with Crippen molar-refractivity contribution in [1.29, 1.82) is 0 Å². The smallest absolute Gasteiger partial charge is 0.243 e. The Bertz CT molecular complexity index is 1140. The molecule has 8 heteroatoms. The third-order valence-electron chi connectivity index (χ3n) is 5.65. The molecule has 1 fully saturated rings. The Morgan fingerprint density at radius 2 is 1.78 bits per heavy atom. The maximum Gasteiger partial charge on any atom is 0.243 e. The summed E-state index contributed by atoms with van der Waals surface area (Å²) < 4.78 is 29.0. The molecule has 168 valence electrons. The fourth-order valence-corrected chi connectivity index (χ4v) is 5.42. The molecule has 1 N–H and O–H groups in total. The number of hydrogen-bond acceptors (Lipinski definition) is 4. The van der Waals surface area contributed by atoms with Crippen LogP contribution in [0.5, 0.6) is 0 Å². The van der Waals surface area contributed by atoms with Crippen molar-refractivity contribution in [3.8, 4) is 0 Å². The Hall–Kier alpha value is -2.97. The standard InChI is InChI=1S/C24H28N4O3S/c29-24(26-22-6-4-5-21(17-22)18-27-16-13-25-19-27)12-9-20-7-10-23(11-8-20)32(30,31)28-14-2-1-3-15-28/h4-8,10-11,13,16-17,19H,1-3,9,12,14-15,18H2,(H,26,29). The van der Waals surface area contributed by atoms with E-state index in [1.165, 1.54) is 0 Å². The molecule has 0 saturated carbocycles. The van der Waals surface area contributed by atoms with Gasteiger partial charge in [-0.25, -0.2) is 13.4 Å². The lowest BCUT2D eigenvalue weighted by Crippen LogP contribution is -2.35. The van der Waals surface area contributed by atoms with Crippen LogP contribution < -0.4 is 5.32 Å². The molecule has 0 spiro atoms. The van der Waals surface area contributed by atoms with Gasteiger partial charge in [0, 0.05) is 44.1 Å². The fourth-order valence-electron chi connectivity index (χ4n) is 3.90. The SMILES string of the molecule is O=C(CCc1ccc(S(=O)(=O)N2CCCCC2)cc1)Nc1cccc(Cn2ccnc2)c1. The monoisotopic (exact) mass is 452 g/mol. The van der Waals surface area contributed by atoms with E-state index in [-0.39, 0.29) is 5.91 Å². The third kappa shape index (κ3) is 5.63. The van der Waals surface area contributed by atoms with E-state index >= 15 is 0 Å². The molecule has 2 aromatic carbocycles. The molecule has 0 radical (unpaired) electrons. The molecule has 0 unspecified atom stereocenters. The molecule has 1 amide bonds. The summed E-state index contributed by atoms with van der Waals surface area (Å²) in [6.07, 6.45) is 9.18. The Morgan fingerprint density at radius 3 is 2.50 bits per heavy atom. The van der Waals surface area contributed by atoms with Gasteiger partial charge < -0.3 is 9.88 Å². The van der Waals surface area contributed by atoms with Crippen molar-refractivity contribution in [2.24, 2.45) is 0 Å². The second-order valence-corrected chi connectivity index (χ2v) is 10.0. The number of rotatable bonds is 8. The van der Waals surface area contributed by atoms with Crippen LogP contribution in [0.4, 0.5) is 5.69 Å². The quantitative estimate of drug-likeness (QED) is 0.565. The highest BCUT2D eigenvalue weighted by Crippen LogP contribution is 2.21. The highest BCUT2D eigenvalue weighted by Gasteiger charge is 2.25. The topological polar surface area (TPSA) is 84.3 Å². The number of hydrogen-bond donors (Lipinski definition) is 1. The molecule has 1 aromatic heterocycles. The molecular weight excluding hydrogens is 424 g/mol. The minimum Gasteiger partial charge on any atom is -0.333 e. The fraction of sp³-hybridized carbons (Fsp3) is 0.333. The second-order valence-electron chi connectivity index (χ2n) is 8.09. The van der Waals surface area contributed by atoms with Crippen LogP contribution in [-0.4, -0.2) is 41.3 Å². The zero-order chi connectivity index (χ0) is 22.4. The first-order valence-corrected chi connectivity index (χ1v) is 12.4. The number of carbonyl (C=O) groups excluding carboxylic acids is 1. The van der Waals surface area contributed by atoms with Gasteiger partial charge in [-0.1, -0.05) is 30.7 Å². The molecule has 1 saturated heterocycles. The maximum atomic E-state index is 12.8. The number of carbonyl (C=O) groups is 1. The van der Waals surface area contributed by atoms with E-state index in [0.29, 0.717) is 37.4 Å². The normalized spacial score (nSPS) is 14.9. The summed E-state index contributed by atoms with van der Waals surface area (Å²) in [6, 6.07) is 14.7. The number of piperidine rings is 1. The van der Waals surface area contributed by atoms with E-state index in [1.807, 2.05) is 35.0 Å². The Morgan fingerprint density at radius 1 is 1.00 bits per heavy atom. The molecule has 3 aromatic rings. The van der Waals surface area contributed by atoms with Crippen LogP contribution in [0.1, 0.15) is 36.8 Å². The minimum absolute atomic E-state index is 0.0743. The number of amides is 1. The van der Waals surface area contributed by atoms with Crippen LogP contribution in [0.3, 0.4) is 0 Å². The van der Waals surface area contributed by atoms with Gasteiger partial charge in [0.1, 0.15) is 0 Å². The summed E-state index contributed by atoms with van der Waals surface area (Å²) in [5.41, 5.74) is 2.77. The number of nitrogens with one attached hydrogen (secondary N) is 1. The van der Waals surface area contributed by atoms with E-state index in [0.717, 1.165) is 36.1 Å². The van der Waals surface area contributed by atoms with Gasteiger partial charge in [-0.3, -0.25) is 4.79 Å². The molecule has 0 aliphatic carbocycles. The van der Waals surface area contributed by atoms with Crippen LogP contribution >= 0.6 is 0 Å². The summed E-state index contributed by atoms with van der Waals surface area (Å²) in [7, 11) is -3.43. The number of nitrogens with zero attached hydrogens (tertiary/aromatic N) is 3. The first-order valence-electron chi connectivity index (χ1n) is 10.9. The van der Waals surface area contributed by atoms with Gasteiger partial charge >= 0.3 is 0 Å². The number of benzene rings is 2. The van der Waals surface area contributed by atoms with E-state index < -0.39 is 10.0 Å².